The van der Waals surface area contributed by atoms with Crippen molar-refractivity contribution >= 4 is 29.2 Å². The van der Waals surface area contributed by atoms with E-state index >= 15 is 0 Å². The van der Waals surface area contributed by atoms with Gasteiger partial charge in [0.25, 0.3) is 0 Å². The number of dihydropyridines is 1. The molecule has 0 amide bonds. The maximum absolute atomic E-state index is 11.9. The quantitative estimate of drug-likeness (QED) is 0.361. The zero-order valence-corrected chi connectivity index (χ0v) is 12.8. The number of fused-ring (bicyclic) bond motifs is 1. The molecule has 0 bridgehead atoms. The van der Waals surface area contributed by atoms with E-state index in [1.54, 1.807) is 18.2 Å². The van der Waals surface area contributed by atoms with Gasteiger partial charge in [-0.1, -0.05) is 17.3 Å². The standard InChI is InChI=1S/C15H12N4O6/c1-6-10(14(20)21)11(12(15(22)23)9(17-6)5-16-24)7-3-2-4-8-13(7)19-25-18-8/h2-5,11,17,24H,1H3,(H,20,21)(H,22,23)/b16-5-. The van der Waals surface area contributed by atoms with Gasteiger partial charge < -0.3 is 20.7 Å². The summed E-state index contributed by atoms with van der Waals surface area (Å²) in [6.45, 7) is 1.49. The number of aliphatic carboxylic acids is 2. The number of oxime groups is 1. The van der Waals surface area contributed by atoms with Gasteiger partial charge in [0, 0.05) is 5.70 Å². The van der Waals surface area contributed by atoms with Crippen LogP contribution in [-0.2, 0) is 9.59 Å². The zero-order chi connectivity index (χ0) is 18.1. The fourth-order valence-corrected chi connectivity index (χ4v) is 2.91. The smallest absolute Gasteiger partial charge is 0.334 e. The number of carboxylic acids is 2. The summed E-state index contributed by atoms with van der Waals surface area (Å²) < 4.78 is 4.68. The first kappa shape index (κ1) is 16.2. The minimum absolute atomic E-state index is 0.0315. The van der Waals surface area contributed by atoms with E-state index in [4.69, 9.17) is 5.21 Å². The number of allylic oxidation sites excluding steroid dienone is 2. The highest BCUT2D eigenvalue weighted by Gasteiger charge is 2.38. The number of nitrogens with zero attached hydrogens (tertiary/aromatic N) is 3. The van der Waals surface area contributed by atoms with Crippen LogP contribution in [0.25, 0.3) is 11.0 Å². The van der Waals surface area contributed by atoms with Gasteiger partial charge in [-0.15, -0.1) is 0 Å². The zero-order valence-electron chi connectivity index (χ0n) is 12.8. The molecule has 1 unspecified atom stereocenters. The van der Waals surface area contributed by atoms with Crippen molar-refractivity contribution in [1.82, 2.24) is 15.6 Å². The Morgan fingerprint density at radius 2 is 1.96 bits per heavy atom. The molecular formula is C15H12N4O6. The predicted octanol–water partition coefficient (Wildman–Crippen LogP) is 1.07. The van der Waals surface area contributed by atoms with E-state index < -0.39 is 17.9 Å². The van der Waals surface area contributed by atoms with Crippen LogP contribution in [0.4, 0.5) is 0 Å². The van der Waals surface area contributed by atoms with Crippen molar-refractivity contribution in [2.24, 2.45) is 5.16 Å². The summed E-state index contributed by atoms with van der Waals surface area (Å²) in [4.78, 5) is 23.7. The lowest BCUT2D eigenvalue weighted by Gasteiger charge is -2.28. The molecular weight excluding hydrogens is 332 g/mol. The Labute approximate surface area is 139 Å². The van der Waals surface area contributed by atoms with Crippen LogP contribution in [0.3, 0.4) is 0 Å². The second-order valence-corrected chi connectivity index (χ2v) is 5.26. The monoisotopic (exact) mass is 344 g/mol. The van der Waals surface area contributed by atoms with Gasteiger partial charge in [-0.3, -0.25) is 0 Å². The van der Waals surface area contributed by atoms with Crippen LogP contribution in [0.5, 0.6) is 0 Å². The van der Waals surface area contributed by atoms with Crippen LogP contribution in [0.1, 0.15) is 18.4 Å². The highest BCUT2D eigenvalue weighted by atomic mass is 16.6. The average Bonchev–Trinajstić information content (AvgIpc) is 3.02. The molecule has 1 aromatic carbocycles. The van der Waals surface area contributed by atoms with E-state index in [1.165, 1.54) is 6.92 Å². The lowest BCUT2D eigenvalue weighted by atomic mass is 9.80. The fourth-order valence-electron chi connectivity index (χ4n) is 2.91. The van der Waals surface area contributed by atoms with Crippen molar-refractivity contribution in [3.05, 3.63) is 46.3 Å². The van der Waals surface area contributed by atoms with E-state index in [1.807, 2.05) is 0 Å². The molecule has 0 saturated carbocycles. The number of benzene rings is 1. The molecule has 0 spiro atoms. The van der Waals surface area contributed by atoms with Gasteiger partial charge in [-0.2, -0.15) is 0 Å². The van der Waals surface area contributed by atoms with Crippen LogP contribution in [0, 0.1) is 0 Å². The maximum Gasteiger partial charge on any atom is 0.334 e. The Balaban J connectivity index is 2.36. The number of rotatable bonds is 4. The highest BCUT2D eigenvalue weighted by Crippen LogP contribution is 2.40. The molecule has 1 atom stereocenters. The number of nitrogens with one attached hydrogen (secondary N) is 1. The van der Waals surface area contributed by atoms with Crippen LogP contribution >= 0.6 is 0 Å². The molecule has 0 saturated heterocycles. The molecule has 1 aliphatic rings. The number of aromatic nitrogens is 2. The summed E-state index contributed by atoms with van der Waals surface area (Å²) in [6.07, 6.45) is 0.903. The van der Waals surface area contributed by atoms with Crippen molar-refractivity contribution < 1.29 is 29.6 Å². The van der Waals surface area contributed by atoms with Crippen molar-refractivity contribution in [3.8, 4) is 0 Å². The van der Waals surface area contributed by atoms with Crippen molar-refractivity contribution in [1.29, 1.82) is 0 Å². The van der Waals surface area contributed by atoms with E-state index in [9.17, 15) is 19.8 Å². The van der Waals surface area contributed by atoms with Gasteiger partial charge in [0.1, 0.15) is 11.0 Å². The molecule has 2 aromatic rings. The van der Waals surface area contributed by atoms with E-state index in [0.717, 1.165) is 6.21 Å². The molecule has 1 aromatic heterocycles. The summed E-state index contributed by atoms with van der Waals surface area (Å²) in [5.74, 6) is -3.82. The summed E-state index contributed by atoms with van der Waals surface area (Å²) in [5, 5.41) is 41.0. The maximum atomic E-state index is 11.9. The topological polar surface area (TPSA) is 158 Å². The Morgan fingerprint density at radius 1 is 1.24 bits per heavy atom. The summed E-state index contributed by atoms with van der Waals surface area (Å²) in [6, 6.07) is 4.75. The number of carboxylic acid groups (broad SMARTS) is 2. The first-order chi connectivity index (χ1) is 12.0. The van der Waals surface area contributed by atoms with Gasteiger partial charge in [0.2, 0.25) is 0 Å². The van der Waals surface area contributed by atoms with Gasteiger partial charge in [0.15, 0.2) is 0 Å². The van der Waals surface area contributed by atoms with Crippen molar-refractivity contribution in [3.63, 3.8) is 0 Å². The Kier molecular flexibility index (Phi) is 3.93. The van der Waals surface area contributed by atoms with E-state index in [2.05, 4.69) is 25.4 Å². The lowest BCUT2D eigenvalue weighted by Crippen LogP contribution is -2.32. The minimum Gasteiger partial charge on any atom is -0.478 e. The molecule has 10 nitrogen and oxygen atoms in total. The van der Waals surface area contributed by atoms with Gasteiger partial charge >= 0.3 is 11.9 Å². The number of hydrogen-bond acceptors (Lipinski definition) is 8. The number of carbonyl (C=O) groups is 2. The largest absolute Gasteiger partial charge is 0.478 e. The summed E-state index contributed by atoms with van der Waals surface area (Å²) >= 11 is 0. The van der Waals surface area contributed by atoms with E-state index in [0.29, 0.717) is 11.1 Å². The predicted molar refractivity (Wildman–Crippen MR) is 83.0 cm³/mol. The molecule has 0 radical (unpaired) electrons. The molecule has 25 heavy (non-hydrogen) atoms. The first-order valence-electron chi connectivity index (χ1n) is 7.02. The molecule has 1 aliphatic heterocycles. The van der Waals surface area contributed by atoms with Gasteiger partial charge in [-0.25, -0.2) is 14.2 Å². The normalized spacial score (nSPS) is 18.0. The van der Waals surface area contributed by atoms with Crippen LogP contribution in [-0.4, -0.2) is 43.9 Å². The minimum atomic E-state index is -1.37. The summed E-state index contributed by atoms with van der Waals surface area (Å²) in [7, 11) is 0. The van der Waals surface area contributed by atoms with Crippen molar-refractivity contribution in [2.75, 3.05) is 0 Å². The molecule has 3 rings (SSSR count). The van der Waals surface area contributed by atoms with E-state index in [-0.39, 0.29) is 28.1 Å². The molecule has 10 heteroatoms. The van der Waals surface area contributed by atoms with Crippen molar-refractivity contribution in [2.45, 2.75) is 12.8 Å². The molecule has 128 valence electrons. The van der Waals surface area contributed by atoms with Crippen LogP contribution in [0.2, 0.25) is 0 Å². The third-order valence-corrected chi connectivity index (χ3v) is 3.87. The molecule has 2 heterocycles. The van der Waals surface area contributed by atoms with Crippen LogP contribution < -0.4 is 5.32 Å². The van der Waals surface area contributed by atoms with Gasteiger partial charge in [-0.05, 0) is 28.9 Å². The fraction of sp³-hybridized carbons (Fsp3) is 0.133. The van der Waals surface area contributed by atoms with Gasteiger partial charge in [0.05, 0.1) is 29.0 Å². The average molecular weight is 344 g/mol. The van der Waals surface area contributed by atoms with Crippen LogP contribution in [0.15, 0.2) is 50.5 Å². The second kappa shape index (κ2) is 6.07. The second-order valence-electron chi connectivity index (χ2n) is 5.26. The third kappa shape index (κ3) is 2.59. The third-order valence-electron chi connectivity index (χ3n) is 3.87. The molecule has 4 N–H and O–H groups in total. The number of hydrogen-bond donors (Lipinski definition) is 4. The Hall–Kier alpha value is -3.69. The molecule has 0 aliphatic carbocycles. The summed E-state index contributed by atoms with van der Waals surface area (Å²) in [5.41, 5.74) is 0.639. The Bertz CT molecular complexity index is 971. The lowest BCUT2D eigenvalue weighted by molar-refractivity contribution is -0.133. The SMILES string of the molecule is CC1=C(C(=O)O)C(c2cccc3nonc23)C(C(=O)O)=C(/C=N\O)N1. The highest BCUT2D eigenvalue weighted by molar-refractivity contribution is 6.03. The Morgan fingerprint density at radius 3 is 2.60 bits per heavy atom. The first-order valence-corrected chi connectivity index (χ1v) is 7.02. The molecule has 0 fully saturated rings.